The molecule has 0 saturated heterocycles. The van der Waals surface area contributed by atoms with Crippen LogP contribution in [-0.2, 0) is 0 Å². The molecule has 2 aromatic heterocycles. The highest BCUT2D eigenvalue weighted by Gasteiger charge is 2.22. The Kier molecular flexibility index (Phi) is 5.00. The molecule has 2 heterocycles. The first-order valence-electron chi connectivity index (χ1n) is 15.4. The molecule has 10 aromatic rings. The molecule has 208 valence electrons. The molecule has 3 heteroatoms. The van der Waals surface area contributed by atoms with Gasteiger partial charge in [-0.1, -0.05) is 109 Å². The van der Waals surface area contributed by atoms with E-state index in [1.54, 1.807) is 0 Å². The van der Waals surface area contributed by atoms with Crippen molar-refractivity contribution >= 4 is 65.2 Å². The van der Waals surface area contributed by atoms with Gasteiger partial charge in [-0.25, -0.2) is 9.97 Å². The molecular formula is C42H25N3. The Morgan fingerprint density at radius 2 is 1.04 bits per heavy atom. The monoisotopic (exact) mass is 571 g/mol. The fourth-order valence-electron chi connectivity index (χ4n) is 7.37. The molecule has 10 rings (SSSR count). The van der Waals surface area contributed by atoms with Crippen molar-refractivity contribution in [2.24, 2.45) is 0 Å². The number of fused-ring (bicyclic) bond motifs is 6. The Bertz CT molecular complexity index is 2740. The predicted molar refractivity (Wildman–Crippen MR) is 188 cm³/mol. The van der Waals surface area contributed by atoms with E-state index in [1.165, 1.54) is 59.8 Å². The lowest BCUT2D eigenvalue weighted by Gasteiger charge is -2.15. The second-order valence-electron chi connectivity index (χ2n) is 11.8. The lowest BCUT2D eigenvalue weighted by molar-refractivity contribution is 1.18. The van der Waals surface area contributed by atoms with Gasteiger partial charge in [-0.15, -0.1) is 0 Å². The predicted octanol–water partition coefficient (Wildman–Crippen LogP) is 11.0. The zero-order chi connectivity index (χ0) is 29.5. The Labute approximate surface area is 259 Å². The summed E-state index contributed by atoms with van der Waals surface area (Å²) >= 11 is 0. The second kappa shape index (κ2) is 9.22. The van der Waals surface area contributed by atoms with Gasteiger partial charge < -0.3 is 4.57 Å². The molecule has 45 heavy (non-hydrogen) atoms. The Balaban J connectivity index is 1.38. The highest BCUT2D eigenvalue weighted by Crippen LogP contribution is 2.47. The molecule has 0 fully saturated rings. The van der Waals surface area contributed by atoms with E-state index in [0.29, 0.717) is 0 Å². The summed E-state index contributed by atoms with van der Waals surface area (Å²) < 4.78 is 2.43. The maximum absolute atomic E-state index is 5.24. The van der Waals surface area contributed by atoms with Crippen molar-refractivity contribution in [3.8, 4) is 28.2 Å². The van der Waals surface area contributed by atoms with Gasteiger partial charge in [0, 0.05) is 33.0 Å². The van der Waals surface area contributed by atoms with Gasteiger partial charge in [-0.05, 0) is 69.4 Å². The van der Waals surface area contributed by atoms with E-state index in [9.17, 15) is 0 Å². The van der Waals surface area contributed by atoms with E-state index < -0.39 is 0 Å². The van der Waals surface area contributed by atoms with Crippen LogP contribution in [0.1, 0.15) is 0 Å². The quantitative estimate of drug-likeness (QED) is 0.198. The first-order valence-corrected chi connectivity index (χ1v) is 15.4. The minimum Gasteiger partial charge on any atom is -0.309 e. The van der Waals surface area contributed by atoms with E-state index in [2.05, 4.69) is 126 Å². The van der Waals surface area contributed by atoms with Crippen LogP contribution in [0.15, 0.2) is 152 Å². The average molecular weight is 572 g/mol. The van der Waals surface area contributed by atoms with Crippen LogP contribution < -0.4 is 0 Å². The first-order chi connectivity index (χ1) is 22.3. The van der Waals surface area contributed by atoms with E-state index in [1.807, 2.05) is 30.3 Å². The molecule has 0 aliphatic rings. The van der Waals surface area contributed by atoms with Gasteiger partial charge in [-0.3, -0.25) is 0 Å². The summed E-state index contributed by atoms with van der Waals surface area (Å²) in [6, 6.07) is 54.0. The van der Waals surface area contributed by atoms with Crippen LogP contribution in [0.3, 0.4) is 0 Å². The fourth-order valence-corrected chi connectivity index (χ4v) is 7.37. The summed E-state index contributed by atoms with van der Waals surface area (Å²) in [5, 5.41) is 10.1. The summed E-state index contributed by atoms with van der Waals surface area (Å²) in [7, 11) is 0. The molecule has 0 atom stereocenters. The smallest absolute Gasteiger partial charge is 0.0973 e. The van der Waals surface area contributed by atoms with Crippen LogP contribution in [0.2, 0.25) is 0 Å². The first kappa shape index (κ1) is 24.4. The average Bonchev–Trinajstić information content (AvgIpc) is 3.44. The van der Waals surface area contributed by atoms with E-state index in [0.717, 1.165) is 33.5 Å². The number of rotatable bonds is 3. The Morgan fingerprint density at radius 3 is 1.84 bits per heavy atom. The summed E-state index contributed by atoms with van der Waals surface area (Å²) in [4.78, 5) is 10.4. The third-order valence-electron chi connectivity index (χ3n) is 9.29. The number of hydrogen-bond donors (Lipinski definition) is 0. The molecule has 0 aliphatic carbocycles. The fraction of sp³-hybridized carbons (Fsp3) is 0. The third kappa shape index (κ3) is 3.46. The third-order valence-corrected chi connectivity index (χ3v) is 9.29. The molecule has 0 saturated carbocycles. The van der Waals surface area contributed by atoms with Crippen LogP contribution in [0.5, 0.6) is 0 Å². The number of aromatic nitrogens is 3. The Morgan fingerprint density at radius 1 is 0.378 bits per heavy atom. The standard InChI is InChI=1S/C42H25N3/c1-3-12-26(13-4-1)41-42(44-35-20-10-9-19-34(35)43-41)28-22-23-31-32-18-11-21-36-39(32)40-37(45(36)29-15-5-2-6-16-29)25-27-14-7-8-17-30(27)38(40)33(31)24-28/h1-25H. The van der Waals surface area contributed by atoms with Crippen molar-refractivity contribution in [2.75, 3.05) is 0 Å². The van der Waals surface area contributed by atoms with E-state index in [4.69, 9.17) is 9.97 Å². The highest BCUT2D eigenvalue weighted by atomic mass is 15.0. The van der Waals surface area contributed by atoms with Gasteiger partial charge in [0.2, 0.25) is 0 Å². The van der Waals surface area contributed by atoms with Crippen LogP contribution in [-0.4, -0.2) is 14.5 Å². The number of hydrogen-bond acceptors (Lipinski definition) is 2. The molecule has 0 aliphatic heterocycles. The number of nitrogens with zero attached hydrogens (tertiary/aromatic N) is 3. The second-order valence-corrected chi connectivity index (χ2v) is 11.8. The maximum Gasteiger partial charge on any atom is 0.0973 e. The topological polar surface area (TPSA) is 30.7 Å². The zero-order valence-electron chi connectivity index (χ0n) is 24.3. The van der Waals surface area contributed by atoms with Crippen molar-refractivity contribution in [2.45, 2.75) is 0 Å². The van der Waals surface area contributed by atoms with Gasteiger partial charge in [0.1, 0.15) is 0 Å². The number of benzene rings is 8. The zero-order valence-corrected chi connectivity index (χ0v) is 24.3. The van der Waals surface area contributed by atoms with Crippen LogP contribution in [0.4, 0.5) is 0 Å². The number of para-hydroxylation sites is 3. The van der Waals surface area contributed by atoms with Gasteiger partial charge in [0.05, 0.1) is 33.5 Å². The van der Waals surface area contributed by atoms with Crippen LogP contribution in [0.25, 0.3) is 93.4 Å². The van der Waals surface area contributed by atoms with Crippen molar-refractivity contribution in [1.29, 1.82) is 0 Å². The van der Waals surface area contributed by atoms with Crippen LogP contribution >= 0.6 is 0 Å². The molecule has 0 bridgehead atoms. The lowest BCUT2D eigenvalue weighted by Crippen LogP contribution is -1.95. The normalized spacial score (nSPS) is 12.0. The van der Waals surface area contributed by atoms with E-state index in [-0.39, 0.29) is 0 Å². The summed E-state index contributed by atoms with van der Waals surface area (Å²) in [5.74, 6) is 0. The molecule has 3 nitrogen and oxygen atoms in total. The van der Waals surface area contributed by atoms with Gasteiger partial charge in [-0.2, -0.15) is 0 Å². The molecule has 0 radical (unpaired) electrons. The summed E-state index contributed by atoms with van der Waals surface area (Å²) in [6.07, 6.45) is 0. The van der Waals surface area contributed by atoms with E-state index >= 15 is 0 Å². The van der Waals surface area contributed by atoms with Crippen molar-refractivity contribution in [3.05, 3.63) is 152 Å². The van der Waals surface area contributed by atoms with Gasteiger partial charge >= 0.3 is 0 Å². The lowest BCUT2D eigenvalue weighted by atomic mass is 9.89. The molecular weight excluding hydrogens is 546 g/mol. The SMILES string of the molecule is c1ccc(-c2nc3ccccc3nc2-c2ccc3c(c2)c2c4ccccc4cc4c2c2c3cccc2n4-c2ccccc2)cc1. The summed E-state index contributed by atoms with van der Waals surface area (Å²) in [5.41, 5.74) is 9.32. The minimum absolute atomic E-state index is 0.893. The Hall–Kier alpha value is -6.06. The van der Waals surface area contributed by atoms with Gasteiger partial charge in [0.25, 0.3) is 0 Å². The minimum atomic E-state index is 0.893. The molecule has 0 unspecified atom stereocenters. The molecule has 8 aromatic carbocycles. The summed E-state index contributed by atoms with van der Waals surface area (Å²) in [6.45, 7) is 0. The van der Waals surface area contributed by atoms with Crippen molar-refractivity contribution in [1.82, 2.24) is 14.5 Å². The molecule has 0 spiro atoms. The largest absolute Gasteiger partial charge is 0.309 e. The molecule has 0 N–H and O–H groups in total. The van der Waals surface area contributed by atoms with Gasteiger partial charge in [0.15, 0.2) is 0 Å². The van der Waals surface area contributed by atoms with Crippen molar-refractivity contribution < 1.29 is 0 Å². The highest BCUT2D eigenvalue weighted by molar-refractivity contribution is 6.39. The maximum atomic E-state index is 5.24. The molecule has 0 amide bonds. The van der Waals surface area contributed by atoms with Crippen LogP contribution in [0, 0.1) is 0 Å². The van der Waals surface area contributed by atoms with Crippen molar-refractivity contribution in [3.63, 3.8) is 0 Å².